The fraction of sp³-hybridized carbons (Fsp3) is 0.933. The summed E-state index contributed by atoms with van der Waals surface area (Å²) in [6, 6.07) is 0.172. The van der Waals surface area contributed by atoms with Crippen LogP contribution in [0.5, 0.6) is 0 Å². The van der Waals surface area contributed by atoms with Crippen molar-refractivity contribution in [2.75, 3.05) is 13.1 Å². The van der Waals surface area contributed by atoms with Gasteiger partial charge >= 0.3 is 45.6 Å². The number of carbonyl (C=O) groups is 4. The molecule has 7 heterocycles. The second-order valence-electron chi connectivity index (χ2n) is 30.3. The van der Waals surface area contributed by atoms with Crippen LogP contribution in [0.2, 0.25) is 0 Å². The lowest BCUT2D eigenvalue weighted by Gasteiger charge is -2.64. The smallest absolute Gasteiger partial charge is 0.444 e. The van der Waals surface area contributed by atoms with E-state index in [4.69, 9.17) is 28.1 Å². The first-order chi connectivity index (χ1) is 39.7. The van der Waals surface area contributed by atoms with Crippen molar-refractivity contribution in [3.63, 3.8) is 0 Å². The normalized spacial score (nSPS) is 36.7. The molecule has 13 rings (SSSR count). The molecular weight excluding hydrogens is 1380 g/mol. The average Bonchev–Trinajstić information content (AvgIpc) is 1.56. The average molecular weight is 1480 g/mol. The van der Waals surface area contributed by atoms with Crippen LogP contribution in [0, 0.1) is 34.5 Å². The number of amides is 4. The van der Waals surface area contributed by atoms with Gasteiger partial charge in [0.25, 0.3) is 0 Å². The van der Waals surface area contributed by atoms with Gasteiger partial charge in [-0.1, -0.05) is 27.7 Å². The molecule has 13 fully saturated rings. The topological polar surface area (TPSA) is 210 Å². The highest BCUT2D eigenvalue weighted by Gasteiger charge is 2.70. The summed E-state index contributed by atoms with van der Waals surface area (Å²) in [6.07, 6.45) is 9.94. The van der Waals surface area contributed by atoms with E-state index in [1.165, 1.54) is 51.5 Å². The number of alkyl halides is 3. The monoisotopic (exact) mass is 1480 g/mol. The number of halogens is 6. The Labute approximate surface area is 549 Å². The molecule has 500 valence electrons. The molecule has 7 saturated heterocycles. The largest absolute Gasteiger partial charge is 0.482 e. The summed E-state index contributed by atoms with van der Waals surface area (Å²) in [7, 11) is -2.12. The molecular formula is C60H107B3ClF3I2N6O12. The van der Waals surface area contributed by atoms with Gasteiger partial charge in [-0.05, 0) is 228 Å². The predicted molar refractivity (Wildman–Crippen MR) is 353 cm³/mol. The molecule has 4 bridgehead atoms. The predicted octanol–water partition coefficient (Wildman–Crippen LogP) is 11.2. The molecule has 0 spiro atoms. The van der Waals surface area contributed by atoms with E-state index in [2.05, 4.69) is 117 Å². The first-order valence-corrected chi connectivity index (χ1v) is 38.3. The van der Waals surface area contributed by atoms with Gasteiger partial charge in [-0.15, -0.1) is 12.4 Å². The third kappa shape index (κ3) is 17.8. The second kappa shape index (κ2) is 30.1. The third-order valence-electron chi connectivity index (χ3n) is 21.1. The van der Waals surface area contributed by atoms with Gasteiger partial charge in [-0.25, -0.2) is 9.59 Å². The fourth-order valence-corrected chi connectivity index (χ4v) is 15.9. The quantitative estimate of drug-likeness (QED) is 0.128. The van der Waals surface area contributed by atoms with Crippen LogP contribution in [-0.4, -0.2) is 178 Å². The number of hydrogen-bond donors (Lipinski definition) is 5. The Morgan fingerprint density at radius 3 is 1.60 bits per heavy atom. The van der Waals surface area contributed by atoms with Gasteiger partial charge in [-0.2, -0.15) is 13.2 Å². The van der Waals surface area contributed by atoms with Crippen molar-refractivity contribution in [2.45, 2.75) is 309 Å². The number of hydrogen-bond acceptors (Lipinski definition) is 14. The third-order valence-corrected chi connectivity index (χ3v) is 21.1. The Kier molecular flexibility index (Phi) is 26.5. The van der Waals surface area contributed by atoms with Crippen molar-refractivity contribution in [1.29, 1.82) is 0 Å². The Balaban J connectivity index is 0.000000206. The maximum absolute atomic E-state index is 12.8. The number of rotatable bonds is 5. The maximum Gasteiger partial charge on any atom is 0.482 e. The van der Waals surface area contributed by atoms with Gasteiger partial charge in [0.15, 0.2) is 0 Å². The fourth-order valence-electron chi connectivity index (χ4n) is 15.9. The Bertz CT molecular complexity index is 2310. The standard InChI is InChI=1S/C20H34BNO4.C15H26BNO2.C10H16BF3N2O4.C10H19NO2.C5H11N.ClH.I2/c1-12-8-9-16(22(12)17(23)24-18(2,3)4)21-25-15-11-13-10-14(19(13,5)6)20(15,7)26-21;1-9-5-6-13(17-9)16-18-12-8-10-7-11(14(10,2)3)15(12,4)19-16;1-5-3-4-7(11(19)20)16(5)8(17)6(2)15-9(18)10(12,13)14;1-8-6-5-7-11(8)9(12)13-10(2,3)4;1-5-3-2-4-6-5;;1-2/h12-16H,8-11H2,1-7H3;9-13,17H,5-8H2,1-4H3;5-7,19-20H,3-4H2,1-2H3,(H,15,18);8H,5-7H2,1-4H3;5-6H,2-4H2,1H3;1H;/t12?,13?,14?,15-,16?,20+;9?,10?,11?,12-,13?,15+;5?,6-,7?;;;;/m110..../s1. The van der Waals surface area contributed by atoms with Crippen molar-refractivity contribution < 1.29 is 70.5 Å². The van der Waals surface area contributed by atoms with E-state index < -0.39 is 42.7 Å². The molecule has 6 aliphatic carbocycles. The minimum absolute atomic E-state index is 0. The summed E-state index contributed by atoms with van der Waals surface area (Å²) in [4.78, 5) is 52.0. The van der Waals surface area contributed by atoms with Gasteiger partial charge in [0.2, 0.25) is 5.91 Å². The molecule has 0 aromatic carbocycles. The van der Waals surface area contributed by atoms with Crippen LogP contribution in [0.4, 0.5) is 22.8 Å². The highest BCUT2D eigenvalue weighted by Crippen LogP contribution is 2.67. The Morgan fingerprint density at radius 1 is 0.667 bits per heavy atom. The van der Waals surface area contributed by atoms with Crippen molar-refractivity contribution >= 4 is 95.0 Å². The highest BCUT2D eigenvalue weighted by molar-refractivity contribution is 15.0. The van der Waals surface area contributed by atoms with Gasteiger partial charge in [-0.3, -0.25) is 9.59 Å². The molecule has 87 heavy (non-hydrogen) atoms. The van der Waals surface area contributed by atoms with Crippen molar-refractivity contribution in [3.05, 3.63) is 0 Å². The van der Waals surface area contributed by atoms with E-state index in [1.54, 1.807) is 12.2 Å². The van der Waals surface area contributed by atoms with Crippen LogP contribution in [0.3, 0.4) is 0 Å². The first-order valence-electron chi connectivity index (χ1n) is 32.1. The zero-order chi connectivity index (χ0) is 64.6. The van der Waals surface area contributed by atoms with Gasteiger partial charge in [0, 0.05) is 79.9 Å². The van der Waals surface area contributed by atoms with E-state index in [9.17, 15) is 42.4 Å². The molecule has 0 aromatic rings. The van der Waals surface area contributed by atoms with Crippen LogP contribution in [0.25, 0.3) is 0 Å². The highest BCUT2D eigenvalue weighted by atomic mass is 128. The molecule has 5 N–H and O–H groups in total. The minimum Gasteiger partial charge on any atom is -0.444 e. The zero-order valence-corrected chi connectivity index (χ0v) is 60.5. The lowest BCUT2D eigenvalue weighted by Crippen LogP contribution is -2.65. The van der Waals surface area contributed by atoms with Crippen LogP contribution in [0.15, 0.2) is 0 Å². The minimum atomic E-state index is -5.07. The van der Waals surface area contributed by atoms with Crippen LogP contribution >= 0.6 is 49.6 Å². The van der Waals surface area contributed by atoms with E-state index in [0.717, 1.165) is 68.4 Å². The van der Waals surface area contributed by atoms with E-state index in [0.29, 0.717) is 59.6 Å². The summed E-state index contributed by atoms with van der Waals surface area (Å²) in [5.74, 6) is -0.712. The molecule has 7 aliphatic heterocycles. The summed E-state index contributed by atoms with van der Waals surface area (Å²) in [6.45, 7) is 39.0. The van der Waals surface area contributed by atoms with Crippen molar-refractivity contribution in [1.82, 2.24) is 30.7 Å². The first kappa shape index (κ1) is 76.6. The summed E-state index contributed by atoms with van der Waals surface area (Å²) in [5.41, 5.74) is -0.367. The van der Waals surface area contributed by atoms with Crippen LogP contribution < -0.4 is 16.0 Å². The number of nitrogens with zero attached hydrogens (tertiary/aromatic N) is 3. The van der Waals surface area contributed by atoms with E-state index in [-0.39, 0.29) is 79.8 Å². The number of carbonyl (C=O) groups excluding carboxylic acids is 4. The van der Waals surface area contributed by atoms with E-state index in [1.807, 2.05) is 51.3 Å². The summed E-state index contributed by atoms with van der Waals surface area (Å²) < 4.78 is 73.1. The SMILES string of the molecule is CC1CCC(B(O)O)N1C(=O)[C@H](C)NC(=O)C(F)(F)F.CC1CCC(B2O[C@@H]3CC4CC(C4(C)C)[C@]3(C)O2)N1.CC1CCC(B2O[C@@H]3CC4CC(C4(C)C)[C@]3(C)O2)N1C(=O)OC(C)(C)C.CC1CCCN1.CC1CCCN1C(=O)OC(C)(C)C.Cl.II. The van der Waals surface area contributed by atoms with Crippen LogP contribution in [-0.2, 0) is 37.7 Å². The molecule has 4 amide bonds. The molecule has 17 atom stereocenters. The van der Waals surface area contributed by atoms with Crippen molar-refractivity contribution in [3.8, 4) is 0 Å². The Hall–Kier alpha value is -1.11. The molecule has 18 nitrogen and oxygen atoms in total. The molecule has 6 saturated carbocycles. The molecule has 12 unspecified atom stereocenters. The number of likely N-dealkylation sites (tertiary alicyclic amines) is 3. The molecule has 27 heteroatoms. The zero-order valence-electron chi connectivity index (χ0n) is 55.3. The molecule has 13 aliphatic rings. The number of nitrogens with one attached hydrogen (secondary N) is 3. The lowest BCUT2D eigenvalue weighted by atomic mass is 9.43. The molecule has 0 aromatic heterocycles. The summed E-state index contributed by atoms with van der Waals surface area (Å²) >= 11 is 4.24. The van der Waals surface area contributed by atoms with Gasteiger partial charge in [0.05, 0.1) is 35.3 Å². The number of ether oxygens (including phenoxy) is 2. The van der Waals surface area contributed by atoms with E-state index >= 15 is 0 Å². The van der Waals surface area contributed by atoms with Crippen LogP contribution in [0.1, 0.15) is 215 Å². The second-order valence-corrected chi connectivity index (χ2v) is 30.3. The molecule has 0 radical (unpaired) electrons. The maximum atomic E-state index is 12.8. The van der Waals surface area contributed by atoms with Gasteiger partial charge < -0.3 is 68.8 Å². The lowest BCUT2D eigenvalue weighted by molar-refractivity contribution is -0.199. The van der Waals surface area contributed by atoms with Crippen molar-refractivity contribution in [2.24, 2.45) is 34.5 Å². The van der Waals surface area contributed by atoms with Gasteiger partial charge in [0.1, 0.15) is 17.2 Å². The Morgan fingerprint density at radius 2 is 1.17 bits per heavy atom. The summed E-state index contributed by atoms with van der Waals surface area (Å²) in [5, 5.41) is 26.9.